The van der Waals surface area contributed by atoms with Crippen LogP contribution in [0.1, 0.15) is 29.9 Å². The van der Waals surface area contributed by atoms with E-state index < -0.39 is 11.5 Å². The van der Waals surface area contributed by atoms with Crippen LogP contribution in [-0.4, -0.2) is 32.0 Å². The number of hydrogen-bond donors (Lipinski definition) is 2. The van der Waals surface area contributed by atoms with Crippen LogP contribution in [-0.2, 0) is 11.3 Å². The number of carbonyl (C=O) groups is 2. The minimum atomic E-state index is -1.05. The summed E-state index contributed by atoms with van der Waals surface area (Å²) in [5, 5.41) is 8.89. The van der Waals surface area contributed by atoms with Crippen molar-refractivity contribution in [2.24, 2.45) is 0 Å². The Kier molecular flexibility index (Phi) is 3.85. The van der Waals surface area contributed by atoms with Gasteiger partial charge in [-0.1, -0.05) is 6.07 Å². The van der Waals surface area contributed by atoms with Crippen molar-refractivity contribution in [1.29, 1.82) is 0 Å². The van der Waals surface area contributed by atoms with Crippen LogP contribution in [0.4, 0.5) is 5.69 Å². The fraction of sp³-hybridized carbons (Fsp3) is 0.211. The maximum absolute atomic E-state index is 13.0. The lowest BCUT2D eigenvalue weighted by Crippen LogP contribution is -2.52. The number of benzene rings is 1. The lowest BCUT2D eigenvalue weighted by molar-refractivity contribution is -0.132. The van der Waals surface area contributed by atoms with Gasteiger partial charge in [0, 0.05) is 18.0 Å². The standard InChI is InChI=1S/C19H18N4O4/c1-19(2)18(25)23(11-13-10-22-8-4-3-5-16(22)20-13)14-9-12(17(24)21-26)6-7-15(14)27-19/h3-10,26H,11H2,1-2H3,(H,21,24). The van der Waals surface area contributed by atoms with E-state index in [4.69, 9.17) is 9.94 Å². The van der Waals surface area contributed by atoms with Crippen molar-refractivity contribution in [2.75, 3.05) is 4.90 Å². The first-order valence-electron chi connectivity index (χ1n) is 8.41. The molecule has 0 fully saturated rings. The minimum Gasteiger partial charge on any atom is -0.476 e. The van der Waals surface area contributed by atoms with Crippen LogP contribution in [0, 0.1) is 0 Å². The van der Waals surface area contributed by atoms with Gasteiger partial charge in [-0.2, -0.15) is 0 Å². The minimum absolute atomic E-state index is 0.215. The lowest BCUT2D eigenvalue weighted by atomic mass is 10.0. The number of hydroxylamine groups is 1. The number of anilines is 1. The quantitative estimate of drug-likeness (QED) is 0.547. The number of hydrogen-bond acceptors (Lipinski definition) is 5. The summed E-state index contributed by atoms with van der Waals surface area (Å²) in [5.74, 6) is -0.422. The second-order valence-corrected chi connectivity index (χ2v) is 6.83. The molecule has 2 amide bonds. The first-order valence-corrected chi connectivity index (χ1v) is 8.41. The molecular weight excluding hydrogens is 348 g/mol. The van der Waals surface area contributed by atoms with Crippen LogP contribution in [0.5, 0.6) is 5.75 Å². The van der Waals surface area contributed by atoms with Crippen LogP contribution < -0.4 is 15.1 Å². The van der Waals surface area contributed by atoms with Gasteiger partial charge in [0.05, 0.1) is 17.9 Å². The molecule has 138 valence electrons. The average molecular weight is 366 g/mol. The highest BCUT2D eigenvalue weighted by Crippen LogP contribution is 2.39. The van der Waals surface area contributed by atoms with Gasteiger partial charge in [-0.05, 0) is 44.2 Å². The molecule has 8 nitrogen and oxygen atoms in total. The SMILES string of the molecule is CC1(C)Oc2ccc(C(=O)NO)cc2N(Cc2cn3ccccc3n2)C1=O. The van der Waals surface area contributed by atoms with E-state index in [1.54, 1.807) is 30.3 Å². The smallest absolute Gasteiger partial charge is 0.274 e. The molecule has 0 spiro atoms. The monoisotopic (exact) mass is 366 g/mol. The zero-order valence-electron chi connectivity index (χ0n) is 14.8. The third-order valence-corrected chi connectivity index (χ3v) is 4.47. The topological polar surface area (TPSA) is 96.2 Å². The van der Waals surface area contributed by atoms with Crippen LogP contribution in [0.2, 0.25) is 0 Å². The number of aromatic nitrogens is 2. The molecule has 0 unspecified atom stereocenters. The summed E-state index contributed by atoms with van der Waals surface area (Å²) in [5.41, 5.74) is 2.70. The molecule has 3 aromatic rings. The van der Waals surface area contributed by atoms with E-state index in [2.05, 4.69) is 4.98 Å². The molecule has 2 N–H and O–H groups in total. The number of amides is 2. The molecule has 4 rings (SSSR count). The molecule has 0 radical (unpaired) electrons. The third kappa shape index (κ3) is 2.89. The van der Waals surface area contributed by atoms with E-state index in [-0.39, 0.29) is 18.0 Å². The molecule has 0 saturated carbocycles. The Balaban J connectivity index is 1.78. The molecular formula is C19H18N4O4. The van der Waals surface area contributed by atoms with E-state index >= 15 is 0 Å². The number of nitrogens with zero attached hydrogens (tertiary/aromatic N) is 3. The van der Waals surface area contributed by atoms with E-state index in [1.165, 1.54) is 12.1 Å². The Morgan fingerprint density at radius 3 is 2.85 bits per heavy atom. The second kappa shape index (κ2) is 6.10. The number of pyridine rings is 1. The normalized spacial score (nSPS) is 15.4. The van der Waals surface area contributed by atoms with Crippen molar-refractivity contribution in [3.8, 4) is 5.75 Å². The van der Waals surface area contributed by atoms with Crippen molar-refractivity contribution in [2.45, 2.75) is 26.0 Å². The summed E-state index contributed by atoms with van der Waals surface area (Å²) in [6, 6.07) is 10.3. The van der Waals surface area contributed by atoms with Crippen molar-refractivity contribution in [1.82, 2.24) is 14.9 Å². The van der Waals surface area contributed by atoms with Gasteiger partial charge < -0.3 is 9.14 Å². The molecule has 0 atom stereocenters. The van der Waals surface area contributed by atoms with Gasteiger partial charge in [-0.25, -0.2) is 10.5 Å². The maximum atomic E-state index is 13.0. The first-order chi connectivity index (χ1) is 12.9. The van der Waals surface area contributed by atoms with E-state index in [0.717, 1.165) is 5.65 Å². The van der Waals surface area contributed by atoms with E-state index in [1.807, 2.05) is 35.0 Å². The Labute approximate surface area is 155 Å². The van der Waals surface area contributed by atoms with Crippen LogP contribution in [0.15, 0.2) is 48.8 Å². The Morgan fingerprint density at radius 2 is 2.11 bits per heavy atom. The number of nitrogens with one attached hydrogen (secondary N) is 1. The highest BCUT2D eigenvalue weighted by Gasteiger charge is 2.41. The van der Waals surface area contributed by atoms with Crippen LogP contribution in [0.3, 0.4) is 0 Å². The molecule has 1 aliphatic heterocycles. The predicted molar refractivity (Wildman–Crippen MR) is 96.8 cm³/mol. The lowest BCUT2D eigenvalue weighted by Gasteiger charge is -2.38. The largest absolute Gasteiger partial charge is 0.476 e. The van der Waals surface area contributed by atoms with Crippen molar-refractivity contribution < 1.29 is 19.5 Å². The van der Waals surface area contributed by atoms with Gasteiger partial charge in [-0.3, -0.25) is 19.7 Å². The zero-order valence-corrected chi connectivity index (χ0v) is 14.8. The predicted octanol–water partition coefficient (Wildman–Crippen LogP) is 2.16. The third-order valence-electron chi connectivity index (χ3n) is 4.47. The van der Waals surface area contributed by atoms with Gasteiger partial charge in [0.1, 0.15) is 11.4 Å². The summed E-state index contributed by atoms with van der Waals surface area (Å²) >= 11 is 0. The van der Waals surface area contributed by atoms with Gasteiger partial charge in [0.25, 0.3) is 11.8 Å². The number of rotatable bonds is 3. The van der Waals surface area contributed by atoms with Gasteiger partial charge in [0.2, 0.25) is 0 Å². The van der Waals surface area contributed by atoms with Gasteiger partial charge in [0.15, 0.2) is 5.60 Å². The second-order valence-electron chi connectivity index (χ2n) is 6.83. The highest BCUT2D eigenvalue weighted by atomic mass is 16.5. The molecule has 0 saturated heterocycles. The Morgan fingerprint density at radius 1 is 1.30 bits per heavy atom. The number of fused-ring (bicyclic) bond motifs is 2. The summed E-state index contributed by atoms with van der Waals surface area (Å²) in [6.45, 7) is 3.62. The Hall–Kier alpha value is -3.39. The van der Waals surface area contributed by atoms with Crippen LogP contribution in [0.25, 0.3) is 5.65 Å². The molecule has 3 heterocycles. The molecule has 0 aliphatic carbocycles. The summed E-state index contributed by atoms with van der Waals surface area (Å²) in [4.78, 5) is 30.9. The number of imidazole rings is 1. The van der Waals surface area contributed by atoms with Gasteiger partial charge >= 0.3 is 0 Å². The van der Waals surface area contributed by atoms with Crippen molar-refractivity contribution in [3.63, 3.8) is 0 Å². The molecule has 27 heavy (non-hydrogen) atoms. The molecule has 2 aromatic heterocycles. The maximum Gasteiger partial charge on any atom is 0.274 e. The summed E-state index contributed by atoms with van der Waals surface area (Å²) in [6.07, 6.45) is 3.74. The van der Waals surface area contributed by atoms with Crippen molar-refractivity contribution in [3.05, 3.63) is 60.0 Å². The average Bonchev–Trinajstić information content (AvgIpc) is 3.07. The molecule has 0 bridgehead atoms. The first kappa shape index (κ1) is 17.0. The Bertz CT molecular complexity index is 1020. The highest BCUT2D eigenvalue weighted by molar-refractivity contribution is 6.04. The number of carbonyl (C=O) groups excluding carboxylic acids is 2. The van der Waals surface area contributed by atoms with Crippen LogP contribution >= 0.6 is 0 Å². The summed E-state index contributed by atoms with van der Waals surface area (Å²) in [7, 11) is 0. The fourth-order valence-corrected chi connectivity index (χ4v) is 3.16. The molecule has 8 heteroatoms. The molecule has 1 aliphatic rings. The van der Waals surface area contributed by atoms with Gasteiger partial charge in [-0.15, -0.1) is 0 Å². The number of ether oxygens (including phenoxy) is 1. The zero-order chi connectivity index (χ0) is 19.2. The van der Waals surface area contributed by atoms with E-state index in [0.29, 0.717) is 17.1 Å². The molecule has 1 aromatic carbocycles. The van der Waals surface area contributed by atoms with Crippen molar-refractivity contribution >= 4 is 23.1 Å². The summed E-state index contributed by atoms with van der Waals surface area (Å²) < 4.78 is 7.69. The van der Waals surface area contributed by atoms with E-state index in [9.17, 15) is 9.59 Å². The fourth-order valence-electron chi connectivity index (χ4n) is 3.16.